The highest BCUT2D eigenvalue weighted by Crippen LogP contribution is 2.30. The van der Waals surface area contributed by atoms with Gasteiger partial charge < -0.3 is 15.5 Å². The van der Waals surface area contributed by atoms with Gasteiger partial charge in [-0.15, -0.1) is 0 Å². The zero-order chi connectivity index (χ0) is 18.5. The summed E-state index contributed by atoms with van der Waals surface area (Å²) in [7, 11) is 2.20. The maximum absolute atomic E-state index is 4.51. The molecule has 3 aromatic rings. The Hall–Kier alpha value is -2.28. The minimum atomic E-state index is 0.622. The van der Waals surface area contributed by atoms with Crippen LogP contribution in [0.1, 0.15) is 5.56 Å². The van der Waals surface area contributed by atoms with Crippen molar-refractivity contribution in [1.29, 1.82) is 0 Å². The Morgan fingerprint density at radius 3 is 3.00 bits per heavy atom. The minimum absolute atomic E-state index is 0.622. The van der Waals surface area contributed by atoms with E-state index in [4.69, 9.17) is 0 Å². The summed E-state index contributed by atoms with van der Waals surface area (Å²) in [4.78, 5) is 12.5. The number of hydrogen-bond acceptors (Lipinski definition) is 6. The fourth-order valence-electron chi connectivity index (χ4n) is 3.49. The molecule has 0 spiro atoms. The van der Waals surface area contributed by atoms with Gasteiger partial charge in [0.05, 0.1) is 4.88 Å². The number of rotatable bonds is 5. The van der Waals surface area contributed by atoms with Crippen molar-refractivity contribution >= 4 is 22.3 Å². The van der Waals surface area contributed by atoms with Gasteiger partial charge in [0.15, 0.2) is 5.13 Å². The fraction of sp³-hybridized carbons (Fsp3) is 0.333. The molecular weight excluding hydrogens is 354 g/mol. The Labute approximate surface area is 164 Å². The van der Waals surface area contributed by atoms with Crippen LogP contribution in [0.4, 0.5) is 10.9 Å². The van der Waals surface area contributed by atoms with Crippen LogP contribution in [0.15, 0.2) is 54.9 Å². The van der Waals surface area contributed by atoms with Crippen molar-refractivity contribution in [3.63, 3.8) is 0 Å². The number of thiazole rings is 1. The van der Waals surface area contributed by atoms with Gasteiger partial charge in [-0.25, -0.2) is 9.97 Å². The molecule has 0 amide bonds. The monoisotopic (exact) mass is 379 g/mol. The topological polar surface area (TPSA) is 53.1 Å². The number of hydrogen-bond donors (Lipinski definition) is 2. The van der Waals surface area contributed by atoms with E-state index in [1.165, 1.54) is 11.1 Å². The normalized spacial score (nSPS) is 18.2. The minimum Gasteiger partial charge on any atom is -0.316 e. The summed E-state index contributed by atoms with van der Waals surface area (Å²) in [5.41, 5.74) is 2.50. The molecule has 27 heavy (non-hydrogen) atoms. The highest BCUT2D eigenvalue weighted by Gasteiger charge is 2.16. The van der Waals surface area contributed by atoms with Crippen LogP contribution in [0.2, 0.25) is 0 Å². The van der Waals surface area contributed by atoms with Crippen LogP contribution in [-0.4, -0.2) is 48.1 Å². The Morgan fingerprint density at radius 1 is 1.22 bits per heavy atom. The molecule has 1 atom stereocenters. The zero-order valence-electron chi connectivity index (χ0n) is 15.6. The summed E-state index contributed by atoms with van der Waals surface area (Å²) < 4.78 is 0. The van der Waals surface area contributed by atoms with Crippen LogP contribution in [0.25, 0.3) is 10.4 Å². The average molecular weight is 380 g/mol. The van der Waals surface area contributed by atoms with Gasteiger partial charge in [-0.05, 0) is 49.2 Å². The number of nitrogens with zero attached hydrogens (tertiary/aromatic N) is 3. The first-order chi connectivity index (χ1) is 13.3. The van der Waals surface area contributed by atoms with E-state index in [0.717, 1.165) is 48.4 Å². The van der Waals surface area contributed by atoms with E-state index in [-0.39, 0.29) is 0 Å². The Kier molecular flexibility index (Phi) is 5.77. The van der Waals surface area contributed by atoms with Gasteiger partial charge in [0.2, 0.25) is 0 Å². The molecule has 0 saturated carbocycles. The van der Waals surface area contributed by atoms with E-state index in [1.54, 1.807) is 11.3 Å². The zero-order valence-corrected chi connectivity index (χ0v) is 16.4. The van der Waals surface area contributed by atoms with E-state index >= 15 is 0 Å². The van der Waals surface area contributed by atoms with Gasteiger partial charge in [0.25, 0.3) is 0 Å². The molecule has 0 bridgehead atoms. The van der Waals surface area contributed by atoms with Crippen LogP contribution < -0.4 is 10.6 Å². The van der Waals surface area contributed by atoms with Gasteiger partial charge >= 0.3 is 0 Å². The largest absolute Gasteiger partial charge is 0.316 e. The number of anilines is 2. The first-order valence-electron chi connectivity index (χ1n) is 9.39. The van der Waals surface area contributed by atoms with Crippen LogP contribution in [0.5, 0.6) is 0 Å². The lowest BCUT2D eigenvalue weighted by Gasteiger charge is -2.19. The molecule has 1 unspecified atom stereocenters. The van der Waals surface area contributed by atoms with Gasteiger partial charge in [-0.3, -0.25) is 0 Å². The van der Waals surface area contributed by atoms with Gasteiger partial charge in [0.1, 0.15) is 5.82 Å². The molecular formula is C21H25N5S. The predicted octanol–water partition coefficient (Wildman–Crippen LogP) is 3.64. The molecule has 1 fully saturated rings. The van der Waals surface area contributed by atoms with Crippen LogP contribution >= 0.6 is 11.3 Å². The van der Waals surface area contributed by atoms with Crippen molar-refractivity contribution < 1.29 is 0 Å². The van der Waals surface area contributed by atoms with E-state index in [0.29, 0.717) is 5.92 Å². The molecule has 3 heterocycles. The quantitative estimate of drug-likeness (QED) is 0.709. The van der Waals surface area contributed by atoms with E-state index < -0.39 is 0 Å². The van der Waals surface area contributed by atoms with E-state index in [2.05, 4.69) is 56.8 Å². The van der Waals surface area contributed by atoms with Crippen LogP contribution in [0, 0.1) is 5.92 Å². The molecule has 140 valence electrons. The van der Waals surface area contributed by atoms with E-state index in [1.807, 2.05) is 30.6 Å². The SMILES string of the molecule is CN1CCNCC(Cc2ccnc(Nc3ncc(-c4ccccc4)s3)c2)C1. The lowest BCUT2D eigenvalue weighted by Crippen LogP contribution is -2.27. The maximum atomic E-state index is 4.51. The third-order valence-corrected chi connectivity index (χ3v) is 5.78. The lowest BCUT2D eigenvalue weighted by atomic mass is 9.99. The Morgan fingerprint density at radius 2 is 2.11 bits per heavy atom. The number of benzene rings is 1. The molecule has 0 radical (unpaired) electrons. The van der Waals surface area contributed by atoms with Gasteiger partial charge in [-0.1, -0.05) is 41.7 Å². The standard InChI is InChI=1S/C21H25N5S/c1-26-10-9-22-13-17(15-26)11-16-7-8-23-20(12-16)25-21-24-14-19(27-21)18-5-3-2-4-6-18/h2-8,12,14,17,22H,9-11,13,15H2,1H3,(H,23,24,25). The summed E-state index contributed by atoms with van der Waals surface area (Å²) >= 11 is 1.65. The van der Waals surface area contributed by atoms with Crippen LogP contribution in [0.3, 0.4) is 0 Å². The summed E-state index contributed by atoms with van der Waals surface area (Å²) in [6.07, 6.45) is 4.86. The highest BCUT2D eigenvalue weighted by atomic mass is 32.1. The Balaban J connectivity index is 1.43. The molecule has 4 rings (SSSR count). The molecule has 1 saturated heterocycles. The number of likely N-dealkylation sites (N-methyl/N-ethyl adjacent to an activating group) is 1. The van der Waals surface area contributed by atoms with Crippen molar-refractivity contribution in [2.75, 3.05) is 38.5 Å². The summed E-state index contributed by atoms with van der Waals surface area (Å²) in [6, 6.07) is 14.6. The summed E-state index contributed by atoms with van der Waals surface area (Å²) in [5, 5.41) is 7.77. The smallest absolute Gasteiger partial charge is 0.188 e. The second kappa shape index (κ2) is 8.61. The molecule has 5 nitrogen and oxygen atoms in total. The van der Waals surface area contributed by atoms with Crippen molar-refractivity contribution in [2.45, 2.75) is 6.42 Å². The Bertz CT molecular complexity index is 864. The first-order valence-corrected chi connectivity index (χ1v) is 10.2. The average Bonchev–Trinajstić information content (AvgIpc) is 3.05. The maximum Gasteiger partial charge on any atom is 0.188 e. The molecule has 2 aromatic heterocycles. The third kappa shape index (κ3) is 4.91. The van der Waals surface area contributed by atoms with Crippen molar-refractivity contribution in [2.24, 2.45) is 5.92 Å². The molecule has 1 aliphatic heterocycles. The molecule has 2 N–H and O–H groups in total. The highest BCUT2D eigenvalue weighted by molar-refractivity contribution is 7.18. The molecule has 6 heteroatoms. The van der Waals surface area contributed by atoms with Crippen molar-refractivity contribution in [3.8, 4) is 10.4 Å². The molecule has 1 aliphatic rings. The van der Waals surface area contributed by atoms with Crippen molar-refractivity contribution in [3.05, 3.63) is 60.4 Å². The van der Waals surface area contributed by atoms with Gasteiger partial charge in [-0.2, -0.15) is 0 Å². The predicted molar refractivity (Wildman–Crippen MR) is 113 cm³/mol. The second-order valence-corrected chi connectivity index (χ2v) is 8.14. The van der Waals surface area contributed by atoms with Crippen molar-refractivity contribution in [1.82, 2.24) is 20.2 Å². The van der Waals surface area contributed by atoms with Crippen LogP contribution in [-0.2, 0) is 6.42 Å². The lowest BCUT2D eigenvalue weighted by molar-refractivity contribution is 0.309. The number of pyridine rings is 1. The second-order valence-electron chi connectivity index (χ2n) is 7.11. The first kappa shape index (κ1) is 18.1. The van der Waals surface area contributed by atoms with Gasteiger partial charge in [0, 0.05) is 32.0 Å². The summed E-state index contributed by atoms with van der Waals surface area (Å²) in [5.74, 6) is 1.48. The molecule has 1 aromatic carbocycles. The van der Waals surface area contributed by atoms with E-state index in [9.17, 15) is 0 Å². The summed E-state index contributed by atoms with van der Waals surface area (Å²) in [6.45, 7) is 4.39. The number of aromatic nitrogens is 2. The fourth-order valence-corrected chi connectivity index (χ4v) is 4.32. The number of nitrogens with one attached hydrogen (secondary N) is 2. The molecule has 0 aliphatic carbocycles. The third-order valence-electron chi connectivity index (χ3n) is 4.82.